The Hall–Kier alpha value is -2.60. The summed E-state index contributed by atoms with van der Waals surface area (Å²) in [6.07, 6.45) is 2.26. The van der Waals surface area contributed by atoms with Gasteiger partial charge in [0.05, 0.1) is 18.1 Å². The zero-order valence-electron chi connectivity index (χ0n) is 11.9. The van der Waals surface area contributed by atoms with E-state index in [1.54, 1.807) is 12.1 Å². The van der Waals surface area contributed by atoms with E-state index in [1.165, 1.54) is 5.56 Å². The molecule has 0 aliphatic rings. The lowest BCUT2D eigenvalue weighted by atomic mass is 10.1. The molecule has 1 amide bonds. The molecule has 3 nitrogen and oxygen atoms in total. The highest BCUT2D eigenvalue weighted by Gasteiger charge is 2.03. The van der Waals surface area contributed by atoms with E-state index in [4.69, 9.17) is 5.26 Å². The van der Waals surface area contributed by atoms with Crippen LogP contribution in [0, 0.1) is 11.3 Å². The largest absolute Gasteiger partial charge is 0.356 e. The molecule has 2 aromatic carbocycles. The first-order chi connectivity index (χ1) is 10.3. The number of carbonyl (C=O) groups is 1. The minimum Gasteiger partial charge on any atom is -0.356 e. The summed E-state index contributed by atoms with van der Waals surface area (Å²) < 4.78 is 0. The number of rotatable bonds is 6. The Balaban J connectivity index is 1.69. The molecule has 3 heteroatoms. The lowest BCUT2D eigenvalue weighted by molar-refractivity contribution is -0.120. The minimum atomic E-state index is 0.0211. The fourth-order valence-electron chi connectivity index (χ4n) is 2.11. The molecule has 0 unspecified atom stereocenters. The van der Waals surface area contributed by atoms with Crippen molar-refractivity contribution in [3.63, 3.8) is 0 Å². The SMILES string of the molecule is N#Cc1ccc(CC(=O)NCCCc2ccccc2)cc1. The van der Waals surface area contributed by atoms with Crippen molar-refractivity contribution >= 4 is 5.91 Å². The second kappa shape index (κ2) is 7.86. The van der Waals surface area contributed by atoms with E-state index in [2.05, 4.69) is 23.5 Å². The van der Waals surface area contributed by atoms with E-state index < -0.39 is 0 Å². The Labute approximate surface area is 125 Å². The van der Waals surface area contributed by atoms with Crippen LogP contribution in [0.5, 0.6) is 0 Å². The van der Waals surface area contributed by atoms with E-state index in [0.29, 0.717) is 18.5 Å². The maximum Gasteiger partial charge on any atom is 0.224 e. The maximum atomic E-state index is 11.8. The van der Waals surface area contributed by atoms with Crippen LogP contribution >= 0.6 is 0 Å². The Morgan fingerprint density at radius 1 is 1.00 bits per heavy atom. The lowest BCUT2D eigenvalue weighted by Gasteiger charge is -2.05. The van der Waals surface area contributed by atoms with Gasteiger partial charge in [0, 0.05) is 6.54 Å². The summed E-state index contributed by atoms with van der Waals surface area (Å²) in [5.41, 5.74) is 2.83. The molecule has 0 spiro atoms. The van der Waals surface area contributed by atoms with Crippen LogP contribution in [0.1, 0.15) is 23.1 Å². The standard InChI is InChI=1S/C18H18N2O/c19-14-17-10-8-16(9-11-17)13-18(21)20-12-4-7-15-5-2-1-3-6-15/h1-3,5-6,8-11H,4,7,12-13H2,(H,20,21). The van der Waals surface area contributed by atoms with Crippen molar-refractivity contribution in [2.45, 2.75) is 19.3 Å². The summed E-state index contributed by atoms with van der Waals surface area (Å²) in [5, 5.41) is 11.6. The van der Waals surface area contributed by atoms with Crippen molar-refractivity contribution < 1.29 is 4.79 Å². The van der Waals surface area contributed by atoms with Gasteiger partial charge in [0.1, 0.15) is 0 Å². The highest BCUT2D eigenvalue weighted by Crippen LogP contribution is 2.04. The molecule has 106 valence electrons. The van der Waals surface area contributed by atoms with Crippen LogP contribution in [0.25, 0.3) is 0 Å². The molecule has 21 heavy (non-hydrogen) atoms. The zero-order chi connectivity index (χ0) is 14.9. The number of carbonyl (C=O) groups excluding carboxylic acids is 1. The number of benzene rings is 2. The molecule has 0 saturated heterocycles. The summed E-state index contributed by atoms with van der Waals surface area (Å²) >= 11 is 0. The van der Waals surface area contributed by atoms with Crippen LogP contribution in [0.4, 0.5) is 0 Å². The van der Waals surface area contributed by atoms with Crippen LogP contribution in [0.3, 0.4) is 0 Å². The fourth-order valence-corrected chi connectivity index (χ4v) is 2.11. The average molecular weight is 278 g/mol. The summed E-state index contributed by atoms with van der Waals surface area (Å²) in [4.78, 5) is 11.8. The number of nitrogens with zero attached hydrogens (tertiary/aromatic N) is 1. The van der Waals surface area contributed by atoms with Crippen LogP contribution in [0.15, 0.2) is 54.6 Å². The molecule has 0 radical (unpaired) electrons. The van der Waals surface area contributed by atoms with E-state index in [-0.39, 0.29) is 5.91 Å². The second-order valence-electron chi connectivity index (χ2n) is 4.92. The molecule has 0 saturated carbocycles. The highest BCUT2D eigenvalue weighted by atomic mass is 16.1. The molecule has 0 aromatic heterocycles. The van der Waals surface area contributed by atoms with Gasteiger partial charge in [-0.25, -0.2) is 0 Å². The van der Waals surface area contributed by atoms with E-state index >= 15 is 0 Å². The number of hydrogen-bond acceptors (Lipinski definition) is 2. The summed E-state index contributed by atoms with van der Waals surface area (Å²) in [7, 11) is 0. The van der Waals surface area contributed by atoms with Crippen LogP contribution in [-0.4, -0.2) is 12.5 Å². The van der Waals surface area contributed by atoms with Crippen LogP contribution in [-0.2, 0) is 17.6 Å². The van der Waals surface area contributed by atoms with Crippen molar-refractivity contribution in [3.05, 3.63) is 71.3 Å². The first-order valence-corrected chi connectivity index (χ1v) is 7.07. The molecule has 0 fully saturated rings. The Morgan fingerprint density at radius 3 is 2.38 bits per heavy atom. The van der Waals surface area contributed by atoms with Gasteiger partial charge in [0.25, 0.3) is 0 Å². The number of amides is 1. The molecule has 0 aliphatic carbocycles. The van der Waals surface area contributed by atoms with E-state index in [9.17, 15) is 4.79 Å². The van der Waals surface area contributed by atoms with Gasteiger partial charge in [0.15, 0.2) is 0 Å². The molecule has 2 aromatic rings. The third kappa shape index (κ3) is 5.12. The highest BCUT2D eigenvalue weighted by molar-refractivity contribution is 5.78. The first-order valence-electron chi connectivity index (χ1n) is 7.07. The number of nitrogens with one attached hydrogen (secondary N) is 1. The van der Waals surface area contributed by atoms with Gasteiger partial charge in [-0.05, 0) is 36.1 Å². The minimum absolute atomic E-state index is 0.0211. The van der Waals surface area contributed by atoms with Gasteiger partial charge in [0.2, 0.25) is 5.91 Å². The third-order valence-electron chi connectivity index (χ3n) is 3.25. The normalized spacial score (nSPS) is 9.86. The summed E-state index contributed by atoms with van der Waals surface area (Å²) in [6, 6.07) is 19.4. The van der Waals surface area contributed by atoms with Crippen LogP contribution < -0.4 is 5.32 Å². The number of hydrogen-bond donors (Lipinski definition) is 1. The molecular weight excluding hydrogens is 260 g/mol. The van der Waals surface area contributed by atoms with Gasteiger partial charge < -0.3 is 5.32 Å². The van der Waals surface area contributed by atoms with Gasteiger partial charge in [-0.15, -0.1) is 0 Å². The van der Waals surface area contributed by atoms with Crippen molar-refractivity contribution in [1.29, 1.82) is 5.26 Å². The second-order valence-corrected chi connectivity index (χ2v) is 4.92. The monoisotopic (exact) mass is 278 g/mol. The molecule has 0 heterocycles. The maximum absolute atomic E-state index is 11.8. The van der Waals surface area contributed by atoms with E-state index in [0.717, 1.165) is 18.4 Å². The number of nitriles is 1. The summed E-state index contributed by atoms with van der Waals surface area (Å²) in [5.74, 6) is 0.0211. The molecule has 1 N–H and O–H groups in total. The Kier molecular flexibility index (Phi) is 5.54. The predicted molar refractivity (Wildman–Crippen MR) is 82.6 cm³/mol. The van der Waals surface area contributed by atoms with Gasteiger partial charge in [-0.3, -0.25) is 4.79 Å². The van der Waals surface area contributed by atoms with Gasteiger partial charge in [-0.1, -0.05) is 42.5 Å². The van der Waals surface area contributed by atoms with Crippen molar-refractivity contribution in [1.82, 2.24) is 5.32 Å². The quantitative estimate of drug-likeness (QED) is 0.826. The smallest absolute Gasteiger partial charge is 0.224 e. The average Bonchev–Trinajstić information content (AvgIpc) is 2.53. The summed E-state index contributed by atoms with van der Waals surface area (Å²) in [6.45, 7) is 0.685. The van der Waals surface area contributed by atoms with Crippen molar-refractivity contribution in [2.24, 2.45) is 0 Å². The molecule has 0 aliphatic heterocycles. The van der Waals surface area contributed by atoms with Gasteiger partial charge in [-0.2, -0.15) is 5.26 Å². The Bertz CT molecular complexity index is 612. The molecular formula is C18H18N2O. The fraction of sp³-hybridized carbons (Fsp3) is 0.222. The topological polar surface area (TPSA) is 52.9 Å². The van der Waals surface area contributed by atoms with Crippen molar-refractivity contribution in [3.8, 4) is 6.07 Å². The molecule has 2 rings (SSSR count). The van der Waals surface area contributed by atoms with Crippen LogP contribution in [0.2, 0.25) is 0 Å². The Morgan fingerprint density at radius 2 is 1.71 bits per heavy atom. The predicted octanol–water partition coefficient (Wildman–Crippen LogP) is 2.85. The number of aryl methyl sites for hydroxylation is 1. The lowest BCUT2D eigenvalue weighted by Crippen LogP contribution is -2.26. The zero-order valence-corrected chi connectivity index (χ0v) is 11.9. The molecule has 0 atom stereocenters. The van der Waals surface area contributed by atoms with Crippen molar-refractivity contribution in [2.75, 3.05) is 6.54 Å². The van der Waals surface area contributed by atoms with Gasteiger partial charge >= 0.3 is 0 Å². The molecule has 0 bridgehead atoms. The third-order valence-corrected chi connectivity index (χ3v) is 3.25. The first kappa shape index (κ1) is 14.8. The van der Waals surface area contributed by atoms with E-state index in [1.807, 2.05) is 30.3 Å².